The van der Waals surface area contributed by atoms with E-state index in [4.69, 9.17) is 0 Å². The van der Waals surface area contributed by atoms with Crippen molar-refractivity contribution >= 4 is 33.4 Å². The van der Waals surface area contributed by atoms with Gasteiger partial charge >= 0.3 is 0 Å². The van der Waals surface area contributed by atoms with Gasteiger partial charge in [0.15, 0.2) is 0 Å². The fraction of sp³-hybridized carbons (Fsp3) is 0.125. The van der Waals surface area contributed by atoms with Gasteiger partial charge in [-0.15, -0.1) is 0 Å². The van der Waals surface area contributed by atoms with Crippen molar-refractivity contribution in [3.05, 3.63) is 66.2 Å². The fourth-order valence-corrected chi connectivity index (χ4v) is 1.97. The molecule has 2 aromatic carbocycles. The Labute approximate surface area is 117 Å². The van der Waals surface area contributed by atoms with E-state index in [0.29, 0.717) is 0 Å². The third kappa shape index (κ3) is 3.74. The highest BCUT2D eigenvalue weighted by Crippen LogP contribution is 2.21. The smallest absolute Gasteiger partial charge is 0.0457 e. The molecule has 0 spiro atoms. The summed E-state index contributed by atoms with van der Waals surface area (Å²) in [5, 5.41) is 4.43. The Bertz CT molecular complexity index is 506. The fourth-order valence-electron chi connectivity index (χ4n) is 1.71. The summed E-state index contributed by atoms with van der Waals surface area (Å²) in [7, 11) is 0. The van der Waals surface area contributed by atoms with Gasteiger partial charge in [0.1, 0.15) is 0 Å². The number of anilines is 2. The Morgan fingerprint density at radius 3 is 2.44 bits per heavy atom. The molecule has 0 aliphatic carbocycles. The second-order valence-electron chi connectivity index (χ2n) is 3.96. The molecule has 2 rings (SSSR count). The minimum Gasteiger partial charge on any atom is -0.355 e. The maximum atomic E-state index is 3.44. The molecule has 0 unspecified atom stereocenters. The van der Waals surface area contributed by atoms with Crippen LogP contribution in [0.1, 0.15) is 12.0 Å². The first-order valence-electron chi connectivity index (χ1n) is 6.04. The number of hydrogen-bond donors (Lipinski definition) is 1. The van der Waals surface area contributed by atoms with Crippen LogP contribution in [0.3, 0.4) is 0 Å². The van der Waals surface area contributed by atoms with Crippen molar-refractivity contribution in [1.82, 2.24) is 0 Å². The standard InChI is InChI=1S/C16H16BrN/c17-13-7-6-9-14-8-4-5-12-16(14)18-15-10-2-1-3-11-15/h1-6,8-12,18H,7,13H2. The van der Waals surface area contributed by atoms with E-state index in [1.54, 1.807) is 0 Å². The summed E-state index contributed by atoms with van der Waals surface area (Å²) in [5.74, 6) is 0. The van der Waals surface area contributed by atoms with Crippen molar-refractivity contribution in [2.75, 3.05) is 10.6 Å². The summed E-state index contributed by atoms with van der Waals surface area (Å²) >= 11 is 3.43. The zero-order chi connectivity index (χ0) is 12.6. The molecule has 0 radical (unpaired) electrons. The zero-order valence-corrected chi connectivity index (χ0v) is 11.7. The van der Waals surface area contributed by atoms with E-state index < -0.39 is 0 Å². The van der Waals surface area contributed by atoms with Crippen LogP contribution >= 0.6 is 15.9 Å². The van der Waals surface area contributed by atoms with Crippen molar-refractivity contribution < 1.29 is 0 Å². The molecule has 0 aliphatic heterocycles. The highest BCUT2D eigenvalue weighted by Gasteiger charge is 1.98. The van der Waals surface area contributed by atoms with Gasteiger partial charge in [-0.3, -0.25) is 0 Å². The van der Waals surface area contributed by atoms with Crippen LogP contribution in [-0.2, 0) is 0 Å². The van der Waals surface area contributed by atoms with Crippen molar-refractivity contribution in [3.8, 4) is 0 Å². The van der Waals surface area contributed by atoms with Crippen LogP contribution in [0.4, 0.5) is 11.4 Å². The van der Waals surface area contributed by atoms with Gasteiger partial charge in [-0.2, -0.15) is 0 Å². The quantitative estimate of drug-likeness (QED) is 0.746. The maximum absolute atomic E-state index is 3.44. The summed E-state index contributed by atoms with van der Waals surface area (Å²) in [6.45, 7) is 0. The molecule has 1 N–H and O–H groups in total. The summed E-state index contributed by atoms with van der Waals surface area (Å²) in [6.07, 6.45) is 5.38. The molecular formula is C16H16BrN. The van der Waals surface area contributed by atoms with Gasteiger partial charge in [-0.05, 0) is 30.2 Å². The lowest BCUT2D eigenvalue weighted by atomic mass is 10.1. The lowest BCUT2D eigenvalue weighted by Crippen LogP contribution is -1.92. The second kappa shape index (κ2) is 7.02. The molecular weight excluding hydrogens is 286 g/mol. The number of allylic oxidation sites excluding steroid dienone is 1. The predicted octanol–water partition coefficient (Wildman–Crippen LogP) is 5.23. The van der Waals surface area contributed by atoms with E-state index in [2.05, 4.69) is 63.7 Å². The second-order valence-corrected chi connectivity index (χ2v) is 4.75. The zero-order valence-electron chi connectivity index (χ0n) is 10.1. The van der Waals surface area contributed by atoms with E-state index >= 15 is 0 Å². The predicted molar refractivity (Wildman–Crippen MR) is 83.6 cm³/mol. The molecule has 18 heavy (non-hydrogen) atoms. The maximum Gasteiger partial charge on any atom is 0.0457 e. The lowest BCUT2D eigenvalue weighted by Gasteiger charge is -2.09. The average Bonchev–Trinajstić information content (AvgIpc) is 2.42. The minimum atomic E-state index is 0.998. The number of benzene rings is 2. The van der Waals surface area contributed by atoms with Crippen LogP contribution in [0, 0.1) is 0 Å². The molecule has 0 aliphatic rings. The molecule has 0 aromatic heterocycles. The molecule has 0 atom stereocenters. The van der Waals surface area contributed by atoms with E-state index in [-0.39, 0.29) is 0 Å². The van der Waals surface area contributed by atoms with Crippen LogP contribution in [0.5, 0.6) is 0 Å². The molecule has 0 amide bonds. The summed E-state index contributed by atoms with van der Waals surface area (Å²) in [5.41, 5.74) is 3.45. The Hall–Kier alpha value is -1.54. The van der Waals surface area contributed by atoms with Gasteiger partial charge in [0, 0.05) is 16.7 Å². The SMILES string of the molecule is BrCCC=Cc1ccccc1Nc1ccccc1. The number of hydrogen-bond acceptors (Lipinski definition) is 1. The normalized spacial score (nSPS) is 10.7. The highest BCUT2D eigenvalue weighted by molar-refractivity contribution is 9.09. The first-order valence-corrected chi connectivity index (χ1v) is 7.16. The Morgan fingerprint density at radius 1 is 0.944 bits per heavy atom. The van der Waals surface area contributed by atoms with E-state index in [9.17, 15) is 0 Å². The lowest BCUT2D eigenvalue weighted by molar-refractivity contribution is 1.27. The number of para-hydroxylation sites is 2. The van der Waals surface area contributed by atoms with Crippen LogP contribution in [0.25, 0.3) is 6.08 Å². The minimum absolute atomic E-state index is 0.998. The molecule has 0 saturated heterocycles. The van der Waals surface area contributed by atoms with Crippen LogP contribution in [-0.4, -0.2) is 5.33 Å². The largest absolute Gasteiger partial charge is 0.355 e. The topological polar surface area (TPSA) is 12.0 Å². The Kier molecular flexibility index (Phi) is 5.03. The van der Waals surface area contributed by atoms with Gasteiger partial charge in [-0.25, -0.2) is 0 Å². The average molecular weight is 302 g/mol. The van der Waals surface area contributed by atoms with E-state index in [1.165, 1.54) is 5.56 Å². The van der Waals surface area contributed by atoms with Crippen LogP contribution in [0.15, 0.2) is 60.7 Å². The number of halogens is 1. The van der Waals surface area contributed by atoms with Gasteiger partial charge in [0.2, 0.25) is 0 Å². The first-order chi connectivity index (χ1) is 8.90. The molecule has 0 saturated carbocycles. The van der Waals surface area contributed by atoms with Gasteiger partial charge in [0.25, 0.3) is 0 Å². The number of nitrogens with one attached hydrogen (secondary N) is 1. The summed E-state index contributed by atoms with van der Waals surface area (Å²) < 4.78 is 0. The molecule has 0 fully saturated rings. The number of rotatable bonds is 5. The number of alkyl halides is 1. The van der Waals surface area contributed by atoms with Crippen LogP contribution in [0.2, 0.25) is 0 Å². The Morgan fingerprint density at radius 2 is 1.67 bits per heavy atom. The van der Waals surface area contributed by atoms with E-state index in [1.807, 2.05) is 24.3 Å². The first kappa shape index (κ1) is 12.9. The molecule has 2 heteroatoms. The van der Waals surface area contributed by atoms with E-state index in [0.717, 1.165) is 23.1 Å². The molecule has 92 valence electrons. The van der Waals surface area contributed by atoms with Crippen LogP contribution < -0.4 is 5.32 Å². The Balaban J connectivity index is 2.17. The van der Waals surface area contributed by atoms with Gasteiger partial charge in [0.05, 0.1) is 0 Å². The van der Waals surface area contributed by atoms with Gasteiger partial charge < -0.3 is 5.32 Å². The third-order valence-electron chi connectivity index (χ3n) is 2.59. The monoisotopic (exact) mass is 301 g/mol. The highest BCUT2D eigenvalue weighted by atomic mass is 79.9. The van der Waals surface area contributed by atoms with Crippen molar-refractivity contribution in [2.24, 2.45) is 0 Å². The third-order valence-corrected chi connectivity index (χ3v) is 3.04. The molecule has 2 aromatic rings. The van der Waals surface area contributed by atoms with Crippen molar-refractivity contribution in [2.45, 2.75) is 6.42 Å². The van der Waals surface area contributed by atoms with Gasteiger partial charge in [-0.1, -0.05) is 64.5 Å². The summed E-state index contributed by atoms with van der Waals surface area (Å²) in [4.78, 5) is 0. The van der Waals surface area contributed by atoms with Crippen molar-refractivity contribution in [3.63, 3.8) is 0 Å². The molecule has 1 nitrogen and oxygen atoms in total. The molecule has 0 heterocycles. The molecule has 0 bridgehead atoms. The summed E-state index contributed by atoms with van der Waals surface area (Å²) in [6, 6.07) is 18.6. The van der Waals surface area contributed by atoms with Crippen molar-refractivity contribution in [1.29, 1.82) is 0 Å².